The molecule has 2 aromatic heterocycles. The number of likely N-dealkylation sites (tertiary alicyclic amines) is 1. The number of amides is 2. The van der Waals surface area contributed by atoms with Crippen LogP contribution in [-0.4, -0.2) is 56.5 Å². The summed E-state index contributed by atoms with van der Waals surface area (Å²) in [5.74, 6) is 2.43. The Morgan fingerprint density at radius 3 is 2.76 bits per heavy atom. The molecule has 2 aromatic rings. The molecule has 1 saturated heterocycles. The first-order valence-electron chi connectivity index (χ1n) is 12.6. The number of rotatable bonds is 4. The van der Waals surface area contributed by atoms with Crippen LogP contribution in [0.5, 0.6) is 0 Å². The van der Waals surface area contributed by atoms with Crippen molar-refractivity contribution in [3.63, 3.8) is 0 Å². The smallest absolute Gasteiger partial charge is 0.274 e. The van der Waals surface area contributed by atoms with Crippen molar-refractivity contribution >= 4 is 17.6 Å². The Morgan fingerprint density at radius 2 is 1.91 bits per heavy atom. The maximum absolute atomic E-state index is 13.2. The van der Waals surface area contributed by atoms with Crippen LogP contribution in [0.25, 0.3) is 0 Å². The minimum Gasteiger partial charge on any atom is -0.336 e. The number of nitrogens with one attached hydrogen (secondary N) is 1. The van der Waals surface area contributed by atoms with E-state index < -0.39 is 0 Å². The lowest BCUT2D eigenvalue weighted by atomic mass is 9.89. The van der Waals surface area contributed by atoms with E-state index in [9.17, 15) is 9.59 Å². The highest BCUT2D eigenvalue weighted by Gasteiger charge is 2.37. The van der Waals surface area contributed by atoms with Crippen molar-refractivity contribution in [3.8, 4) is 0 Å². The second-order valence-corrected chi connectivity index (χ2v) is 10.3. The third-order valence-corrected chi connectivity index (χ3v) is 8.11. The molecule has 33 heavy (non-hydrogen) atoms. The fourth-order valence-corrected chi connectivity index (χ4v) is 6.20. The summed E-state index contributed by atoms with van der Waals surface area (Å²) < 4.78 is 0. The molecule has 1 saturated carbocycles. The molecule has 174 valence electrons. The fourth-order valence-electron chi connectivity index (χ4n) is 6.20. The molecule has 2 fully saturated rings. The predicted molar refractivity (Wildman–Crippen MR) is 123 cm³/mol. The van der Waals surface area contributed by atoms with Crippen LogP contribution < -0.4 is 4.90 Å². The Hall–Kier alpha value is -2.77. The zero-order chi connectivity index (χ0) is 22.5. The zero-order valence-corrected chi connectivity index (χ0v) is 19.4. The van der Waals surface area contributed by atoms with E-state index >= 15 is 0 Å². The highest BCUT2D eigenvalue weighted by Crippen LogP contribution is 2.35. The van der Waals surface area contributed by atoms with E-state index in [4.69, 9.17) is 9.97 Å². The molecule has 1 atom stereocenters. The van der Waals surface area contributed by atoms with Crippen LogP contribution >= 0.6 is 0 Å². The number of carbonyl (C=O) groups excluding carboxylic acids is 2. The molecule has 0 bridgehead atoms. The van der Waals surface area contributed by atoms with Crippen LogP contribution in [0.2, 0.25) is 0 Å². The maximum Gasteiger partial charge on any atom is 0.274 e. The quantitative estimate of drug-likeness (QED) is 0.776. The number of fused-ring (bicyclic) bond motifs is 2. The van der Waals surface area contributed by atoms with E-state index in [-0.39, 0.29) is 17.7 Å². The lowest BCUT2D eigenvalue weighted by Gasteiger charge is -2.27. The monoisotopic (exact) mass is 448 g/mol. The number of hydrogen-bond donors (Lipinski definition) is 1. The second kappa shape index (κ2) is 8.22. The van der Waals surface area contributed by atoms with Gasteiger partial charge in [-0.1, -0.05) is 19.3 Å². The van der Waals surface area contributed by atoms with Crippen LogP contribution in [0.1, 0.15) is 89.7 Å². The van der Waals surface area contributed by atoms with Crippen LogP contribution in [0, 0.1) is 12.8 Å². The van der Waals surface area contributed by atoms with Gasteiger partial charge in [0.25, 0.3) is 5.91 Å². The Morgan fingerprint density at radius 1 is 1.06 bits per heavy atom. The number of anilines is 1. The predicted octanol–water partition coefficient (Wildman–Crippen LogP) is 3.10. The van der Waals surface area contributed by atoms with Gasteiger partial charge in [0.05, 0.1) is 6.42 Å². The van der Waals surface area contributed by atoms with E-state index in [1.807, 2.05) is 16.7 Å². The summed E-state index contributed by atoms with van der Waals surface area (Å²) in [7, 11) is 0. The van der Waals surface area contributed by atoms with E-state index in [0.717, 1.165) is 66.4 Å². The minimum atomic E-state index is 0.0175. The number of hydrogen-bond acceptors (Lipinski definition) is 5. The maximum atomic E-state index is 13.2. The molecule has 1 N–H and O–H groups in total. The summed E-state index contributed by atoms with van der Waals surface area (Å²) in [5, 5.41) is 7.38. The van der Waals surface area contributed by atoms with Crippen LogP contribution in [0.3, 0.4) is 0 Å². The largest absolute Gasteiger partial charge is 0.336 e. The molecule has 0 aromatic carbocycles. The average Bonchev–Trinajstić information content (AvgIpc) is 3.59. The summed E-state index contributed by atoms with van der Waals surface area (Å²) in [6, 6.07) is 0. The van der Waals surface area contributed by atoms with Crippen LogP contribution in [-0.2, 0) is 24.1 Å². The lowest BCUT2D eigenvalue weighted by Crippen LogP contribution is -2.33. The van der Waals surface area contributed by atoms with Crippen molar-refractivity contribution in [2.75, 3.05) is 24.5 Å². The molecule has 4 heterocycles. The Labute approximate surface area is 194 Å². The van der Waals surface area contributed by atoms with E-state index in [2.05, 4.69) is 10.2 Å². The third kappa shape index (κ3) is 3.63. The standard InChI is InChI=1S/C25H32N6O2/c1-15-19-12-21(32)31(13-16-6-3-2-4-7-16)24(19)27-23(26-15)17-10-11-30(14-17)25(33)22-18-8-5-9-20(18)28-29-22/h16-17H,2-14H2,1H3,(H,28,29)/t17-/m1/s1. The normalized spacial score (nSPS) is 22.8. The fraction of sp³-hybridized carbons (Fsp3) is 0.640. The molecular weight excluding hydrogens is 416 g/mol. The highest BCUT2D eigenvalue weighted by molar-refractivity contribution is 6.00. The molecule has 8 nitrogen and oxygen atoms in total. The molecule has 0 unspecified atom stereocenters. The third-order valence-electron chi connectivity index (χ3n) is 8.11. The SMILES string of the molecule is Cc1nc([C@@H]2CCN(C(=O)c3n[nH]c4c3CCC4)C2)nc2c1CC(=O)N2CC1CCCCC1. The van der Waals surface area contributed by atoms with E-state index in [1.165, 1.54) is 32.1 Å². The first kappa shape index (κ1) is 20.8. The van der Waals surface area contributed by atoms with Crippen molar-refractivity contribution in [1.82, 2.24) is 25.1 Å². The van der Waals surface area contributed by atoms with Gasteiger partial charge in [-0.15, -0.1) is 0 Å². The van der Waals surface area contributed by atoms with E-state index in [1.54, 1.807) is 0 Å². The molecule has 2 aliphatic carbocycles. The van der Waals surface area contributed by atoms with Gasteiger partial charge in [-0.25, -0.2) is 9.97 Å². The summed E-state index contributed by atoms with van der Waals surface area (Å²) in [6.07, 6.45) is 10.5. The van der Waals surface area contributed by atoms with Gasteiger partial charge in [0.2, 0.25) is 5.91 Å². The van der Waals surface area contributed by atoms with E-state index in [0.29, 0.717) is 31.1 Å². The zero-order valence-electron chi connectivity index (χ0n) is 19.4. The minimum absolute atomic E-state index is 0.0175. The summed E-state index contributed by atoms with van der Waals surface area (Å²) >= 11 is 0. The van der Waals surface area contributed by atoms with Gasteiger partial charge in [0, 0.05) is 48.1 Å². The summed E-state index contributed by atoms with van der Waals surface area (Å²) in [6.45, 7) is 4.07. The summed E-state index contributed by atoms with van der Waals surface area (Å²) in [5.41, 5.74) is 4.71. The molecular formula is C25H32N6O2. The first-order valence-corrected chi connectivity index (χ1v) is 12.6. The van der Waals surface area contributed by atoms with Crippen molar-refractivity contribution in [3.05, 3.63) is 34.0 Å². The molecule has 0 spiro atoms. The number of aromatic nitrogens is 4. The van der Waals surface area contributed by atoms with Crippen molar-refractivity contribution in [1.29, 1.82) is 0 Å². The average molecular weight is 449 g/mol. The van der Waals surface area contributed by atoms with Gasteiger partial charge >= 0.3 is 0 Å². The number of nitrogens with zero attached hydrogens (tertiary/aromatic N) is 5. The van der Waals surface area contributed by atoms with Gasteiger partial charge < -0.3 is 4.90 Å². The Balaban J connectivity index is 1.21. The highest BCUT2D eigenvalue weighted by atomic mass is 16.2. The Kier molecular flexibility index (Phi) is 5.18. The van der Waals surface area contributed by atoms with Crippen LogP contribution in [0.4, 0.5) is 5.82 Å². The Bertz CT molecular complexity index is 1100. The van der Waals surface area contributed by atoms with Crippen molar-refractivity contribution in [2.45, 2.75) is 77.0 Å². The lowest BCUT2D eigenvalue weighted by molar-refractivity contribution is -0.117. The van der Waals surface area contributed by atoms with Crippen molar-refractivity contribution < 1.29 is 9.59 Å². The molecule has 2 amide bonds. The number of aromatic amines is 1. The number of aryl methyl sites for hydroxylation is 2. The second-order valence-electron chi connectivity index (χ2n) is 10.3. The van der Waals surface area contributed by atoms with Gasteiger partial charge in [0.15, 0.2) is 5.69 Å². The molecule has 2 aliphatic heterocycles. The van der Waals surface area contributed by atoms with Gasteiger partial charge in [-0.2, -0.15) is 5.10 Å². The van der Waals surface area contributed by atoms with Crippen molar-refractivity contribution in [2.24, 2.45) is 5.92 Å². The van der Waals surface area contributed by atoms with Gasteiger partial charge in [-0.05, 0) is 51.4 Å². The van der Waals surface area contributed by atoms with Gasteiger partial charge in [0.1, 0.15) is 11.6 Å². The van der Waals surface area contributed by atoms with Gasteiger partial charge in [-0.3, -0.25) is 19.6 Å². The molecule has 8 heteroatoms. The molecule has 0 radical (unpaired) electrons. The number of carbonyl (C=O) groups is 2. The topological polar surface area (TPSA) is 95.1 Å². The molecule has 6 rings (SSSR count). The summed E-state index contributed by atoms with van der Waals surface area (Å²) in [4.78, 5) is 39.6. The first-order chi connectivity index (χ1) is 16.1. The van der Waals surface area contributed by atoms with Crippen LogP contribution in [0.15, 0.2) is 0 Å². The molecule has 4 aliphatic rings. The number of H-pyrrole nitrogens is 1.